The minimum absolute atomic E-state index is 0.0412. The van der Waals surface area contributed by atoms with Crippen LogP contribution in [-0.2, 0) is 0 Å². The molecule has 0 atom stereocenters. The van der Waals surface area contributed by atoms with Gasteiger partial charge in [-0.25, -0.2) is 4.98 Å². The Kier molecular flexibility index (Phi) is 5.07. The van der Waals surface area contributed by atoms with E-state index in [1.807, 2.05) is 25.6 Å². The van der Waals surface area contributed by atoms with Gasteiger partial charge in [-0.1, -0.05) is 0 Å². The Hall–Kier alpha value is -1.23. The minimum atomic E-state index is -0.0412. The molecule has 19 heavy (non-hydrogen) atoms. The normalized spacial score (nSPS) is 16.4. The predicted octanol–water partition coefficient (Wildman–Crippen LogP) is 2.49. The number of aromatic nitrogens is 1. The lowest BCUT2D eigenvalue weighted by atomic mass is 10.1. The van der Waals surface area contributed by atoms with Gasteiger partial charge in [-0.3, -0.25) is 4.79 Å². The number of nitrogens with zero attached hydrogens (tertiary/aromatic N) is 1. The van der Waals surface area contributed by atoms with Crippen molar-refractivity contribution in [1.82, 2.24) is 10.3 Å². The van der Waals surface area contributed by atoms with Crippen LogP contribution in [0.25, 0.3) is 0 Å². The van der Waals surface area contributed by atoms with E-state index in [4.69, 9.17) is 4.74 Å². The summed E-state index contributed by atoms with van der Waals surface area (Å²) < 4.78 is 5.45. The Bertz CT molecular complexity index is 414. The van der Waals surface area contributed by atoms with Crippen molar-refractivity contribution in [2.45, 2.75) is 38.8 Å². The monoisotopic (exact) mass is 280 g/mol. The fourth-order valence-corrected chi connectivity index (χ4v) is 3.04. The van der Waals surface area contributed by atoms with E-state index < -0.39 is 0 Å². The topological polar surface area (TPSA) is 51.2 Å². The summed E-state index contributed by atoms with van der Waals surface area (Å²) in [5, 5.41) is 3.06. The van der Waals surface area contributed by atoms with E-state index in [0.717, 1.165) is 24.3 Å². The number of carbonyl (C=O) groups excluding carboxylic acids is 1. The third kappa shape index (κ3) is 4.42. The van der Waals surface area contributed by atoms with Crippen LogP contribution in [0.1, 0.15) is 37.0 Å². The quantitative estimate of drug-likeness (QED) is 0.920. The summed E-state index contributed by atoms with van der Waals surface area (Å²) in [7, 11) is 0. The molecule has 0 aromatic carbocycles. The molecule has 104 valence electrons. The van der Waals surface area contributed by atoms with Gasteiger partial charge < -0.3 is 10.1 Å². The van der Waals surface area contributed by atoms with E-state index in [9.17, 15) is 4.79 Å². The van der Waals surface area contributed by atoms with E-state index in [-0.39, 0.29) is 12.0 Å². The number of hydrogen-bond acceptors (Lipinski definition) is 4. The maximum absolute atomic E-state index is 12.0. The number of amides is 1. The van der Waals surface area contributed by atoms with Gasteiger partial charge in [-0.15, -0.1) is 0 Å². The zero-order valence-corrected chi connectivity index (χ0v) is 12.2. The third-order valence-electron chi connectivity index (χ3n) is 2.91. The number of rotatable bonds is 4. The highest BCUT2D eigenvalue weighted by Crippen LogP contribution is 2.17. The molecule has 1 aromatic rings. The summed E-state index contributed by atoms with van der Waals surface area (Å²) in [6.45, 7) is 3.90. The summed E-state index contributed by atoms with van der Waals surface area (Å²) in [6, 6.07) is 3.81. The first kappa shape index (κ1) is 14.2. The van der Waals surface area contributed by atoms with Crippen molar-refractivity contribution in [3.63, 3.8) is 0 Å². The van der Waals surface area contributed by atoms with Gasteiger partial charge in [-0.2, -0.15) is 11.8 Å². The van der Waals surface area contributed by atoms with Gasteiger partial charge in [0.15, 0.2) is 0 Å². The van der Waals surface area contributed by atoms with Crippen LogP contribution >= 0.6 is 11.8 Å². The van der Waals surface area contributed by atoms with Crippen LogP contribution in [0, 0.1) is 0 Å². The van der Waals surface area contributed by atoms with Gasteiger partial charge in [0, 0.05) is 18.3 Å². The first-order valence-corrected chi connectivity index (χ1v) is 7.82. The Morgan fingerprint density at radius 3 is 2.74 bits per heavy atom. The number of pyridine rings is 1. The molecule has 0 spiro atoms. The summed E-state index contributed by atoms with van der Waals surface area (Å²) in [4.78, 5) is 16.2. The van der Waals surface area contributed by atoms with Crippen LogP contribution in [0.4, 0.5) is 0 Å². The first-order valence-electron chi connectivity index (χ1n) is 6.66. The molecular weight excluding hydrogens is 260 g/mol. The van der Waals surface area contributed by atoms with Crippen molar-refractivity contribution in [2.75, 3.05) is 11.5 Å². The molecule has 0 unspecified atom stereocenters. The number of carbonyl (C=O) groups is 1. The zero-order chi connectivity index (χ0) is 13.7. The van der Waals surface area contributed by atoms with Crippen molar-refractivity contribution < 1.29 is 9.53 Å². The van der Waals surface area contributed by atoms with E-state index in [2.05, 4.69) is 10.3 Å². The predicted molar refractivity (Wildman–Crippen MR) is 77.8 cm³/mol. The lowest BCUT2D eigenvalue weighted by Gasteiger charge is -2.22. The van der Waals surface area contributed by atoms with E-state index in [0.29, 0.717) is 17.5 Å². The van der Waals surface area contributed by atoms with Gasteiger partial charge >= 0.3 is 0 Å². The van der Waals surface area contributed by atoms with Crippen LogP contribution < -0.4 is 10.1 Å². The molecule has 1 amide bonds. The smallest absolute Gasteiger partial charge is 0.253 e. The second-order valence-electron chi connectivity index (χ2n) is 4.91. The molecular formula is C14H20N2O2S. The molecule has 0 bridgehead atoms. The number of nitrogens with one attached hydrogen (secondary N) is 1. The standard InChI is InChI=1S/C14H20N2O2S/c1-10(2)18-13-4-3-11(9-15-13)14(17)16-12-5-7-19-8-6-12/h3-4,9-10,12H,5-8H2,1-2H3,(H,16,17). The van der Waals surface area contributed by atoms with E-state index in [1.54, 1.807) is 18.3 Å². The fourth-order valence-electron chi connectivity index (χ4n) is 1.94. The van der Waals surface area contributed by atoms with Crippen molar-refractivity contribution in [3.8, 4) is 5.88 Å². The average Bonchev–Trinajstić information content (AvgIpc) is 2.40. The summed E-state index contributed by atoms with van der Waals surface area (Å²) in [5.41, 5.74) is 0.592. The Morgan fingerprint density at radius 1 is 1.42 bits per heavy atom. The highest BCUT2D eigenvalue weighted by atomic mass is 32.2. The van der Waals surface area contributed by atoms with Crippen molar-refractivity contribution in [3.05, 3.63) is 23.9 Å². The van der Waals surface area contributed by atoms with E-state index in [1.165, 1.54) is 0 Å². The van der Waals surface area contributed by atoms with Gasteiger partial charge in [0.25, 0.3) is 5.91 Å². The molecule has 1 aromatic heterocycles. The molecule has 2 rings (SSSR count). The zero-order valence-electron chi connectivity index (χ0n) is 11.4. The first-order chi connectivity index (χ1) is 9.15. The molecule has 1 fully saturated rings. The lowest BCUT2D eigenvalue weighted by Crippen LogP contribution is -2.37. The largest absolute Gasteiger partial charge is 0.475 e. The molecule has 5 heteroatoms. The highest BCUT2D eigenvalue weighted by molar-refractivity contribution is 7.99. The van der Waals surface area contributed by atoms with Crippen LogP contribution in [0.3, 0.4) is 0 Å². The molecule has 1 saturated heterocycles. The van der Waals surface area contributed by atoms with Gasteiger partial charge in [0.05, 0.1) is 11.7 Å². The second kappa shape index (κ2) is 6.80. The summed E-state index contributed by atoms with van der Waals surface area (Å²) >= 11 is 1.95. The van der Waals surface area contributed by atoms with Gasteiger partial charge in [0.2, 0.25) is 5.88 Å². The van der Waals surface area contributed by atoms with Gasteiger partial charge in [-0.05, 0) is 44.3 Å². The van der Waals surface area contributed by atoms with Crippen molar-refractivity contribution in [2.24, 2.45) is 0 Å². The molecule has 1 N–H and O–H groups in total. The SMILES string of the molecule is CC(C)Oc1ccc(C(=O)NC2CCSCC2)cn1. The molecule has 0 radical (unpaired) electrons. The molecule has 4 nitrogen and oxygen atoms in total. The molecule has 1 aliphatic rings. The molecule has 2 heterocycles. The third-order valence-corrected chi connectivity index (χ3v) is 3.96. The fraction of sp³-hybridized carbons (Fsp3) is 0.571. The number of hydrogen-bond donors (Lipinski definition) is 1. The van der Waals surface area contributed by atoms with Crippen LogP contribution in [0.5, 0.6) is 5.88 Å². The van der Waals surface area contributed by atoms with Crippen LogP contribution in [0.2, 0.25) is 0 Å². The van der Waals surface area contributed by atoms with Crippen LogP contribution in [0.15, 0.2) is 18.3 Å². The Morgan fingerprint density at radius 2 is 2.16 bits per heavy atom. The van der Waals surface area contributed by atoms with Crippen molar-refractivity contribution in [1.29, 1.82) is 0 Å². The molecule has 0 saturated carbocycles. The lowest BCUT2D eigenvalue weighted by molar-refractivity contribution is 0.0934. The van der Waals surface area contributed by atoms with Crippen molar-refractivity contribution >= 4 is 17.7 Å². The highest BCUT2D eigenvalue weighted by Gasteiger charge is 2.17. The number of ether oxygens (including phenoxy) is 1. The minimum Gasteiger partial charge on any atom is -0.475 e. The number of thioether (sulfide) groups is 1. The van der Waals surface area contributed by atoms with Crippen LogP contribution in [-0.4, -0.2) is 34.5 Å². The maximum Gasteiger partial charge on any atom is 0.253 e. The summed E-state index contributed by atoms with van der Waals surface area (Å²) in [6.07, 6.45) is 3.77. The maximum atomic E-state index is 12.0. The Balaban J connectivity index is 1.91. The second-order valence-corrected chi connectivity index (χ2v) is 6.14. The average molecular weight is 280 g/mol. The summed E-state index contributed by atoms with van der Waals surface area (Å²) in [5.74, 6) is 2.77. The molecule has 1 aliphatic heterocycles. The van der Waals surface area contributed by atoms with E-state index >= 15 is 0 Å². The van der Waals surface area contributed by atoms with Gasteiger partial charge in [0.1, 0.15) is 0 Å². The molecule has 0 aliphatic carbocycles. The Labute approximate surface area is 118 Å².